The van der Waals surface area contributed by atoms with Crippen LogP contribution in [0, 0.1) is 10.6 Å². The van der Waals surface area contributed by atoms with Crippen LogP contribution < -0.4 is 0 Å². The van der Waals surface area contributed by atoms with Gasteiger partial charge in [0, 0.05) is 18.0 Å². The lowest BCUT2D eigenvalue weighted by Gasteiger charge is -2.06. The summed E-state index contributed by atoms with van der Waals surface area (Å²) in [5.74, 6) is 0.462. The summed E-state index contributed by atoms with van der Waals surface area (Å²) in [5, 5.41) is 7.01. The molecule has 4 nitrogen and oxygen atoms in total. The van der Waals surface area contributed by atoms with Gasteiger partial charge in [0.1, 0.15) is 5.82 Å². The van der Waals surface area contributed by atoms with Crippen LogP contribution in [0.25, 0.3) is 11.4 Å². The Morgan fingerprint density at radius 3 is 2.70 bits per heavy atom. The van der Waals surface area contributed by atoms with E-state index in [1.807, 2.05) is 16.7 Å². The van der Waals surface area contributed by atoms with E-state index in [4.69, 9.17) is 12.2 Å². The average molecular weight is 286 g/mol. The molecule has 0 aliphatic heterocycles. The molecule has 0 bridgehead atoms. The van der Waals surface area contributed by atoms with Gasteiger partial charge in [-0.2, -0.15) is 5.10 Å². The number of aromatic amines is 1. The number of halogens is 1. The molecule has 3 rings (SSSR count). The highest BCUT2D eigenvalue weighted by Crippen LogP contribution is 2.17. The third-order valence-electron chi connectivity index (χ3n) is 2.93. The second kappa shape index (κ2) is 5.34. The molecule has 2 heterocycles. The molecule has 1 N–H and O–H groups in total. The van der Waals surface area contributed by atoms with Crippen LogP contribution in [0.5, 0.6) is 0 Å². The van der Waals surface area contributed by atoms with Crippen molar-refractivity contribution in [3.63, 3.8) is 0 Å². The summed E-state index contributed by atoms with van der Waals surface area (Å²) in [6.07, 6.45) is 3.43. The molecule has 0 saturated heterocycles. The molecule has 1 aromatic carbocycles. The lowest BCUT2D eigenvalue weighted by atomic mass is 10.2. The molecular weight excluding hydrogens is 275 g/mol. The molecule has 6 heteroatoms. The first kappa shape index (κ1) is 12.7. The zero-order valence-corrected chi connectivity index (χ0v) is 11.3. The summed E-state index contributed by atoms with van der Waals surface area (Å²) in [6.45, 7) is 0.528. The smallest absolute Gasteiger partial charge is 0.195 e. The summed E-state index contributed by atoms with van der Waals surface area (Å²) in [6, 6.07) is 10.1. The first-order valence-electron chi connectivity index (χ1n) is 6.04. The van der Waals surface area contributed by atoms with Crippen molar-refractivity contribution in [1.29, 1.82) is 0 Å². The first-order valence-corrected chi connectivity index (χ1v) is 6.45. The van der Waals surface area contributed by atoms with Gasteiger partial charge in [-0.3, -0.25) is 14.6 Å². The quantitative estimate of drug-likeness (QED) is 0.752. The number of nitrogens with zero attached hydrogens (tertiary/aromatic N) is 3. The van der Waals surface area contributed by atoms with Gasteiger partial charge in [0.05, 0.1) is 6.54 Å². The van der Waals surface area contributed by atoms with Crippen molar-refractivity contribution in [2.24, 2.45) is 0 Å². The standard InChI is InChI=1S/C14H11FN4S/c15-12-5-3-10(4-6-12)9-19-13(17-18-14(19)20)11-2-1-7-16-8-11/h1-8H,9H2,(H,18,20). The van der Waals surface area contributed by atoms with E-state index in [0.717, 1.165) is 11.1 Å². The SMILES string of the molecule is Fc1ccc(Cn2c(-c3cccnc3)n[nH]c2=S)cc1. The van der Waals surface area contributed by atoms with Crippen LogP contribution in [0.1, 0.15) is 5.56 Å². The normalized spacial score (nSPS) is 10.7. The minimum absolute atomic E-state index is 0.253. The second-order valence-electron chi connectivity index (χ2n) is 4.31. The van der Waals surface area contributed by atoms with Crippen molar-refractivity contribution in [2.75, 3.05) is 0 Å². The largest absolute Gasteiger partial charge is 0.296 e. The van der Waals surface area contributed by atoms with E-state index in [0.29, 0.717) is 17.1 Å². The maximum absolute atomic E-state index is 12.9. The van der Waals surface area contributed by atoms with Gasteiger partial charge >= 0.3 is 0 Å². The van der Waals surface area contributed by atoms with Crippen molar-refractivity contribution < 1.29 is 4.39 Å². The van der Waals surface area contributed by atoms with Crippen LogP contribution in [0.2, 0.25) is 0 Å². The van der Waals surface area contributed by atoms with Crippen molar-refractivity contribution in [3.8, 4) is 11.4 Å². The molecule has 0 spiro atoms. The molecule has 0 unspecified atom stereocenters. The van der Waals surface area contributed by atoms with E-state index >= 15 is 0 Å². The molecule has 0 saturated carbocycles. The number of aromatic nitrogens is 4. The topological polar surface area (TPSA) is 46.5 Å². The first-order chi connectivity index (χ1) is 9.74. The van der Waals surface area contributed by atoms with Crippen molar-refractivity contribution in [1.82, 2.24) is 19.7 Å². The Balaban J connectivity index is 2.00. The highest BCUT2D eigenvalue weighted by atomic mass is 32.1. The number of hydrogen-bond donors (Lipinski definition) is 1. The molecule has 0 aliphatic carbocycles. The minimum Gasteiger partial charge on any atom is -0.296 e. The summed E-state index contributed by atoms with van der Waals surface area (Å²) >= 11 is 5.25. The Bertz CT molecular complexity index is 762. The number of H-pyrrole nitrogens is 1. The average Bonchev–Trinajstić information content (AvgIpc) is 2.84. The Kier molecular flexibility index (Phi) is 3.39. The minimum atomic E-state index is -0.253. The van der Waals surface area contributed by atoms with Gasteiger partial charge in [-0.15, -0.1) is 0 Å². The van der Waals surface area contributed by atoms with Crippen molar-refractivity contribution >= 4 is 12.2 Å². The number of pyridine rings is 1. The summed E-state index contributed by atoms with van der Waals surface area (Å²) in [5.41, 5.74) is 1.83. The predicted octanol–water partition coefficient (Wildman–Crippen LogP) is 3.19. The molecule has 20 heavy (non-hydrogen) atoms. The van der Waals surface area contributed by atoms with Gasteiger partial charge in [0.25, 0.3) is 0 Å². The second-order valence-corrected chi connectivity index (χ2v) is 4.69. The van der Waals surface area contributed by atoms with Gasteiger partial charge in [0.15, 0.2) is 10.6 Å². The molecule has 100 valence electrons. The maximum Gasteiger partial charge on any atom is 0.195 e. The van der Waals surface area contributed by atoms with Crippen LogP contribution in [-0.2, 0) is 6.54 Å². The highest BCUT2D eigenvalue weighted by molar-refractivity contribution is 7.71. The number of benzene rings is 1. The third kappa shape index (κ3) is 2.50. The fourth-order valence-electron chi connectivity index (χ4n) is 1.95. The van der Waals surface area contributed by atoms with Crippen molar-refractivity contribution in [2.45, 2.75) is 6.54 Å². The van der Waals surface area contributed by atoms with Crippen LogP contribution in [0.15, 0.2) is 48.8 Å². The Morgan fingerprint density at radius 1 is 1.20 bits per heavy atom. The molecule has 0 fully saturated rings. The fourth-order valence-corrected chi connectivity index (χ4v) is 2.15. The summed E-state index contributed by atoms with van der Waals surface area (Å²) in [7, 11) is 0. The lowest BCUT2D eigenvalue weighted by Crippen LogP contribution is -2.02. The Hall–Kier alpha value is -2.34. The number of hydrogen-bond acceptors (Lipinski definition) is 3. The molecule has 0 radical (unpaired) electrons. The van der Waals surface area contributed by atoms with E-state index in [1.165, 1.54) is 12.1 Å². The lowest BCUT2D eigenvalue weighted by molar-refractivity contribution is 0.626. The zero-order valence-electron chi connectivity index (χ0n) is 10.5. The molecule has 0 amide bonds. The highest BCUT2D eigenvalue weighted by Gasteiger charge is 2.09. The number of rotatable bonds is 3. The van der Waals surface area contributed by atoms with Gasteiger partial charge in [-0.05, 0) is 42.0 Å². The van der Waals surface area contributed by atoms with E-state index in [9.17, 15) is 4.39 Å². The van der Waals surface area contributed by atoms with Crippen LogP contribution in [0.3, 0.4) is 0 Å². The fraction of sp³-hybridized carbons (Fsp3) is 0.0714. The monoisotopic (exact) mass is 286 g/mol. The predicted molar refractivity (Wildman–Crippen MR) is 76.1 cm³/mol. The third-order valence-corrected chi connectivity index (χ3v) is 3.24. The van der Waals surface area contributed by atoms with E-state index in [-0.39, 0.29) is 5.82 Å². The molecular formula is C14H11FN4S. The van der Waals surface area contributed by atoms with Crippen LogP contribution >= 0.6 is 12.2 Å². The van der Waals surface area contributed by atoms with E-state index < -0.39 is 0 Å². The van der Waals surface area contributed by atoms with E-state index in [1.54, 1.807) is 24.5 Å². The molecule has 3 aromatic rings. The van der Waals surface area contributed by atoms with Crippen molar-refractivity contribution in [3.05, 3.63) is 64.9 Å². The Labute approximate surface area is 119 Å². The van der Waals surface area contributed by atoms with Crippen LogP contribution in [0.4, 0.5) is 4.39 Å². The number of nitrogens with one attached hydrogen (secondary N) is 1. The van der Waals surface area contributed by atoms with Gasteiger partial charge < -0.3 is 0 Å². The van der Waals surface area contributed by atoms with Gasteiger partial charge in [0.2, 0.25) is 0 Å². The maximum atomic E-state index is 12.9. The van der Waals surface area contributed by atoms with E-state index in [2.05, 4.69) is 15.2 Å². The van der Waals surface area contributed by atoms with Gasteiger partial charge in [-0.1, -0.05) is 12.1 Å². The molecule has 0 atom stereocenters. The van der Waals surface area contributed by atoms with Gasteiger partial charge in [-0.25, -0.2) is 4.39 Å². The molecule has 0 aliphatic rings. The molecule has 2 aromatic heterocycles. The zero-order chi connectivity index (χ0) is 13.9. The Morgan fingerprint density at radius 2 is 2.00 bits per heavy atom. The summed E-state index contributed by atoms with van der Waals surface area (Å²) < 4.78 is 15.3. The summed E-state index contributed by atoms with van der Waals surface area (Å²) in [4.78, 5) is 4.08. The van der Waals surface area contributed by atoms with Crippen LogP contribution in [-0.4, -0.2) is 19.7 Å².